The van der Waals surface area contributed by atoms with Crippen molar-refractivity contribution < 1.29 is 23.9 Å². The lowest BCUT2D eigenvalue weighted by Gasteiger charge is -2.18. The second-order valence-electron chi connectivity index (χ2n) is 5.93. The van der Waals surface area contributed by atoms with Crippen LogP contribution in [0.25, 0.3) is 0 Å². The first kappa shape index (κ1) is 19.4. The topological polar surface area (TPSA) is 84.9 Å². The van der Waals surface area contributed by atoms with Gasteiger partial charge in [0.15, 0.2) is 5.78 Å². The van der Waals surface area contributed by atoms with Gasteiger partial charge in [-0.1, -0.05) is 11.6 Å². The summed E-state index contributed by atoms with van der Waals surface area (Å²) in [6.45, 7) is 1.46. The zero-order valence-corrected chi connectivity index (χ0v) is 16.2. The molecule has 0 fully saturated rings. The molecular weight excluding hydrogens is 384 g/mol. The van der Waals surface area contributed by atoms with Crippen LogP contribution in [0, 0.1) is 0 Å². The Kier molecular flexibility index (Phi) is 5.37. The molecule has 7 nitrogen and oxygen atoms in total. The van der Waals surface area contributed by atoms with Gasteiger partial charge in [-0.15, -0.1) is 0 Å². The van der Waals surface area contributed by atoms with E-state index in [-0.39, 0.29) is 27.9 Å². The van der Waals surface area contributed by atoms with Crippen molar-refractivity contribution in [3.63, 3.8) is 0 Å². The van der Waals surface area contributed by atoms with Crippen molar-refractivity contribution in [3.05, 3.63) is 58.8 Å². The van der Waals surface area contributed by atoms with Gasteiger partial charge in [0.25, 0.3) is 11.8 Å². The number of imide groups is 1. The second kappa shape index (κ2) is 7.74. The summed E-state index contributed by atoms with van der Waals surface area (Å²) in [6, 6.07) is 11.2. The molecule has 0 aliphatic carbocycles. The summed E-state index contributed by atoms with van der Waals surface area (Å²) in [5, 5.41) is 2.62. The fourth-order valence-electron chi connectivity index (χ4n) is 2.73. The van der Waals surface area contributed by atoms with Crippen molar-refractivity contribution in [3.8, 4) is 11.5 Å². The molecule has 0 bridgehead atoms. The molecule has 3 rings (SSSR count). The number of methoxy groups -OCH3 is 2. The Morgan fingerprint density at radius 1 is 1.00 bits per heavy atom. The van der Waals surface area contributed by atoms with Crippen molar-refractivity contribution in [1.82, 2.24) is 0 Å². The minimum atomic E-state index is -0.669. The Morgan fingerprint density at radius 3 is 2.25 bits per heavy atom. The molecule has 28 heavy (non-hydrogen) atoms. The van der Waals surface area contributed by atoms with Crippen molar-refractivity contribution in [2.24, 2.45) is 0 Å². The van der Waals surface area contributed by atoms with Crippen LogP contribution >= 0.6 is 11.6 Å². The average molecular weight is 401 g/mol. The summed E-state index contributed by atoms with van der Waals surface area (Å²) in [5.74, 6) is -0.555. The van der Waals surface area contributed by atoms with Crippen molar-refractivity contribution in [2.75, 3.05) is 24.4 Å². The Bertz CT molecular complexity index is 998. The van der Waals surface area contributed by atoms with Crippen molar-refractivity contribution in [2.45, 2.75) is 6.92 Å². The van der Waals surface area contributed by atoms with Crippen LogP contribution in [0.4, 0.5) is 11.4 Å². The summed E-state index contributed by atoms with van der Waals surface area (Å²) in [4.78, 5) is 37.8. The van der Waals surface area contributed by atoms with Gasteiger partial charge < -0.3 is 14.8 Å². The molecule has 0 aromatic heterocycles. The Hall–Kier alpha value is -3.32. The zero-order chi connectivity index (χ0) is 20.4. The molecule has 8 heteroatoms. The Morgan fingerprint density at radius 2 is 1.68 bits per heavy atom. The van der Waals surface area contributed by atoms with Gasteiger partial charge in [0, 0.05) is 17.3 Å². The highest BCUT2D eigenvalue weighted by Crippen LogP contribution is 2.37. The standard InChI is InChI=1S/C20H17ClN2O5/c1-11(24)12-4-6-13(7-5-12)22-18-17(21)19(25)23(20(18)26)15-9-8-14(27-2)10-16(15)28-3/h4-10,22H,1-3H3. The predicted octanol–water partition coefficient (Wildman–Crippen LogP) is 3.34. The van der Waals surface area contributed by atoms with Crippen molar-refractivity contribution >= 4 is 40.6 Å². The number of carbonyl (C=O) groups excluding carboxylic acids is 3. The maximum atomic E-state index is 12.9. The first-order valence-electron chi connectivity index (χ1n) is 8.26. The van der Waals surface area contributed by atoms with Crippen LogP contribution < -0.4 is 19.7 Å². The fraction of sp³-hybridized carbons (Fsp3) is 0.150. The number of nitrogens with zero attached hydrogens (tertiary/aromatic N) is 1. The molecule has 0 saturated heterocycles. The molecule has 0 unspecified atom stereocenters. The lowest BCUT2D eigenvalue weighted by atomic mass is 10.1. The summed E-state index contributed by atoms with van der Waals surface area (Å²) in [5.41, 5.74) is 1.24. The van der Waals surface area contributed by atoms with Gasteiger partial charge in [0.2, 0.25) is 0 Å². The largest absolute Gasteiger partial charge is 0.497 e. The molecule has 0 saturated carbocycles. The number of Topliss-reactive ketones (excluding diaryl/α,β-unsaturated/α-hetero) is 1. The van der Waals surface area contributed by atoms with Gasteiger partial charge in [0.1, 0.15) is 22.2 Å². The van der Waals surface area contributed by atoms with E-state index < -0.39 is 11.8 Å². The third-order valence-electron chi connectivity index (χ3n) is 4.22. The number of anilines is 2. The van der Waals surface area contributed by atoms with Crippen LogP contribution in [0.15, 0.2) is 53.2 Å². The van der Waals surface area contributed by atoms with E-state index in [0.717, 1.165) is 4.90 Å². The van der Waals surface area contributed by atoms with Crippen LogP contribution in [0.5, 0.6) is 11.5 Å². The number of nitrogens with one attached hydrogen (secondary N) is 1. The first-order chi connectivity index (χ1) is 13.4. The molecule has 0 atom stereocenters. The average Bonchev–Trinajstić information content (AvgIpc) is 2.91. The number of ether oxygens (including phenoxy) is 2. The van der Waals surface area contributed by atoms with Crippen LogP contribution in [-0.2, 0) is 9.59 Å². The van der Waals surface area contributed by atoms with Crippen LogP contribution in [-0.4, -0.2) is 31.8 Å². The number of benzene rings is 2. The van der Waals surface area contributed by atoms with Crippen LogP contribution in [0.1, 0.15) is 17.3 Å². The lowest BCUT2D eigenvalue weighted by Crippen LogP contribution is -2.32. The molecule has 1 heterocycles. The van der Waals surface area contributed by atoms with Gasteiger partial charge in [-0.05, 0) is 43.3 Å². The van der Waals surface area contributed by atoms with E-state index in [1.54, 1.807) is 42.5 Å². The maximum Gasteiger partial charge on any atom is 0.283 e. The number of hydrogen-bond donors (Lipinski definition) is 1. The number of rotatable bonds is 6. The second-order valence-corrected chi connectivity index (χ2v) is 6.31. The van der Waals surface area contributed by atoms with Gasteiger partial charge >= 0.3 is 0 Å². The van der Waals surface area contributed by atoms with Gasteiger partial charge in [-0.2, -0.15) is 0 Å². The molecule has 144 valence electrons. The molecule has 2 amide bonds. The van der Waals surface area contributed by atoms with Crippen LogP contribution in [0.3, 0.4) is 0 Å². The molecule has 0 spiro atoms. The Balaban J connectivity index is 1.91. The highest BCUT2D eigenvalue weighted by atomic mass is 35.5. The third kappa shape index (κ3) is 3.44. The van der Waals surface area contributed by atoms with E-state index in [1.807, 2.05) is 0 Å². The van der Waals surface area contributed by atoms with E-state index in [0.29, 0.717) is 17.0 Å². The summed E-state index contributed by atoms with van der Waals surface area (Å²) in [7, 11) is 2.92. The zero-order valence-electron chi connectivity index (χ0n) is 15.4. The number of amides is 2. The third-order valence-corrected chi connectivity index (χ3v) is 4.57. The van der Waals surface area contributed by atoms with E-state index >= 15 is 0 Å². The summed E-state index contributed by atoms with van der Waals surface area (Å²) < 4.78 is 10.4. The molecule has 2 aromatic carbocycles. The lowest BCUT2D eigenvalue weighted by molar-refractivity contribution is -0.120. The summed E-state index contributed by atoms with van der Waals surface area (Å²) >= 11 is 6.14. The maximum absolute atomic E-state index is 12.9. The predicted molar refractivity (Wildman–Crippen MR) is 105 cm³/mol. The van der Waals surface area contributed by atoms with E-state index in [1.165, 1.54) is 21.1 Å². The van der Waals surface area contributed by atoms with E-state index in [2.05, 4.69) is 5.32 Å². The van der Waals surface area contributed by atoms with Crippen molar-refractivity contribution in [1.29, 1.82) is 0 Å². The Labute approximate surface area is 166 Å². The summed E-state index contributed by atoms with van der Waals surface area (Å²) in [6.07, 6.45) is 0. The molecular formula is C20H17ClN2O5. The quantitative estimate of drug-likeness (QED) is 0.591. The molecule has 1 aliphatic rings. The smallest absolute Gasteiger partial charge is 0.283 e. The monoisotopic (exact) mass is 400 g/mol. The van der Waals surface area contributed by atoms with E-state index in [4.69, 9.17) is 21.1 Å². The van der Waals surface area contributed by atoms with E-state index in [9.17, 15) is 14.4 Å². The SMILES string of the molecule is COc1ccc(N2C(=O)C(Cl)=C(Nc3ccc(C(C)=O)cc3)C2=O)c(OC)c1. The van der Waals surface area contributed by atoms with Gasteiger partial charge in [-0.3, -0.25) is 14.4 Å². The normalized spacial score (nSPS) is 13.8. The number of ketones is 1. The molecule has 1 N–H and O–H groups in total. The fourth-order valence-corrected chi connectivity index (χ4v) is 2.94. The number of halogens is 1. The molecule has 0 radical (unpaired) electrons. The first-order valence-corrected chi connectivity index (χ1v) is 8.63. The highest BCUT2D eigenvalue weighted by molar-refractivity contribution is 6.53. The molecule has 1 aliphatic heterocycles. The molecule has 2 aromatic rings. The highest BCUT2D eigenvalue weighted by Gasteiger charge is 2.40. The van der Waals surface area contributed by atoms with Gasteiger partial charge in [0.05, 0.1) is 19.9 Å². The minimum absolute atomic E-state index is 0.0555. The number of carbonyl (C=O) groups is 3. The van der Waals surface area contributed by atoms with Gasteiger partial charge in [-0.25, -0.2) is 4.90 Å². The van der Waals surface area contributed by atoms with Crippen LogP contribution in [0.2, 0.25) is 0 Å². The number of hydrogen-bond acceptors (Lipinski definition) is 6. The minimum Gasteiger partial charge on any atom is -0.497 e.